The van der Waals surface area contributed by atoms with Gasteiger partial charge in [0.15, 0.2) is 5.96 Å². The van der Waals surface area contributed by atoms with Crippen LogP contribution in [0.4, 0.5) is 14.5 Å². The molecule has 7 nitrogen and oxygen atoms in total. The molecule has 0 unspecified atom stereocenters. The molecule has 0 aromatic heterocycles. The number of guanidine groups is 1. The molecule has 0 spiro atoms. The van der Waals surface area contributed by atoms with E-state index in [4.69, 9.17) is 4.74 Å². The minimum Gasteiger partial charge on any atom is -0.497 e. The number of halogens is 2. The van der Waals surface area contributed by atoms with Crippen LogP contribution in [0.3, 0.4) is 0 Å². The molecule has 2 N–H and O–H groups in total. The Morgan fingerprint density at radius 3 is 2.59 bits per heavy atom. The maximum Gasteiger partial charge on any atom is 0.387 e. The first-order valence-corrected chi connectivity index (χ1v) is 10.5. The summed E-state index contributed by atoms with van der Waals surface area (Å²) in [5, 5.41) is 6.28. The van der Waals surface area contributed by atoms with Crippen molar-refractivity contribution in [2.24, 2.45) is 4.99 Å². The molecule has 1 saturated heterocycles. The number of hydrogen-bond acceptors (Lipinski definition) is 4. The van der Waals surface area contributed by atoms with Crippen molar-refractivity contribution in [3.63, 3.8) is 0 Å². The molecule has 172 valence electrons. The van der Waals surface area contributed by atoms with Gasteiger partial charge >= 0.3 is 6.61 Å². The van der Waals surface area contributed by atoms with E-state index in [1.165, 1.54) is 13.2 Å². The molecule has 0 aliphatic carbocycles. The summed E-state index contributed by atoms with van der Waals surface area (Å²) >= 11 is 0. The van der Waals surface area contributed by atoms with E-state index in [-0.39, 0.29) is 18.2 Å². The molecule has 1 aliphatic rings. The fraction of sp³-hybridized carbons (Fsp3) is 0.391. The standard InChI is InChI=1S/C23H28F2N4O3/c1-3-26-23(28-15-17-13-19(31-2)10-11-20(17)32-22(24)25)27-14-16-6-8-18(9-7-16)29-12-4-5-21(29)30/h6-11,13,22H,3-5,12,14-15H2,1-2H3,(H2,26,27,28). The normalized spacial score (nSPS) is 14.1. The highest BCUT2D eigenvalue weighted by atomic mass is 19.3. The third kappa shape index (κ3) is 6.32. The van der Waals surface area contributed by atoms with Crippen molar-refractivity contribution < 1.29 is 23.0 Å². The van der Waals surface area contributed by atoms with Gasteiger partial charge in [0.25, 0.3) is 0 Å². The smallest absolute Gasteiger partial charge is 0.387 e. The summed E-state index contributed by atoms with van der Waals surface area (Å²) in [5.41, 5.74) is 2.41. The lowest BCUT2D eigenvalue weighted by atomic mass is 10.2. The molecule has 1 aliphatic heterocycles. The third-order valence-corrected chi connectivity index (χ3v) is 5.02. The third-order valence-electron chi connectivity index (χ3n) is 5.02. The lowest BCUT2D eigenvalue weighted by molar-refractivity contribution is -0.117. The van der Waals surface area contributed by atoms with Crippen molar-refractivity contribution in [2.75, 3.05) is 25.1 Å². The molecule has 0 bridgehead atoms. The lowest BCUT2D eigenvalue weighted by Gasteiger charge is -2.16. The molecule has 1 fully saturated rings. The summed E-state index contributed by atoms with van der Waals surface area (Å²) < 4.78 is 35.3. The van der Waals surface area contributed by atoms with Crippen molar-refractivity contribution in [3.05, 3.63) is 53.6 Å². The number of nitrogens with zero attached hydrogens (tertiary/aromatic N) is 2. The Morgan fingerprint density at radius 2 is 1.97 bits per heavy atom. The fourth-order valence-corrected chi connectivity index (χ4v) is 3.43. The molecule has 1 amide bonds. The molecule has 0 atom stereocenters. The Kier molecular flexibility index (Phi) is 8.24. The highest BCUT2D eigenvalue weighted by Crippen LogP contribution is 2.26. The van der Waals surface area contributed by atoms with Crippen LogP contribution in [0.1, 0.15) is 30.9 Å². The van der Waals surface area contributed by atoms with Crippen LogP contribution >= 0.6 is 0 Å². The number of ether oxygens (including phenoxy) is 2. The van der Waals surface area contributed by atoms with Crippen LogP contribution in [0.2, 0.25) is 0 Å². The van der Waals surface area contributed by atoms with Gasteiger partial charge in [0.1, 0.15) is 11.5 Å². The predicted octanol–water partition coefficient (Wildman–Crippen LogP) is 3.68. The second kappa shape index (κ2) is 11.3. The molecule has 2 aromatic rings. The van der Waals surface area contributed by atoms with Crippen molar-refractivity contribution >= 4 is 17.6 Å². The first-order chi connectivity index (χ1) is 15.5. The maximum absolute atomic E-state index is 12.7. The van der Waals surface area contributed by atoms with Crippen LogP contribution in [0.25, 0.3) is 0 Å². The van der Waals surface area contributed by atoms with Gasteiger partial charge in [0, 0.05) is 37.3 Å². The van der Waals surface area contributed by atoms with Crippen LogP contribution < -0.4 is 25.0 Å². The van der Waals surface area contributed by atoms with Gasteiger partial charge in [-0.05, 0) is 49.2 Å². The molecule has 0 radical (unpaired) electrons. The minimum atomic E-state index is -2.91. The first kappa shape index (κ1) is 23.3. The van der Waals surface area contributed by atoms with E-state index in [1.54, 1.807) is 17.0 Å². The highest BCUT2D eigenvalue weighted by molar-refractivity contribution is 5.95. The van der Waals surface area contributed by atoms with E-state index in [0.717, 1.165) is 24.2 Å². The molecular weight excluding hydrogens is 418 g/mol. The molecule has 0 saturated carbocycles. The number of rotatable bonds is 9. The lowest BCUT2D eigenvalue weighted by Crippen LogP contribution is -2.36. The second-order valence-electron chi connectivity index (χ2n) is 7.22. The Labute approximate surface area is 186 Å². The van der Waals surface area contributed by atoms with E-state index in [9.17, 15) is 13.6 Å². The number of methoxy groups -OCH3 is 1. The summed E-state index contributed by atoms with van der Waals surface area (Å²) in [5.74, 6) is 1.32. The predicted molar refractivity (Wildman–Crippen MR) is 119 cm³/mol. The Morgan fingerprint density at radius 1 is 1.19 bits per heavy atom. The second-order valence-corrected chi connectivity index (χ2v) is 7.22. The van der Waals surface area contributed by atoms with Crippen molar-refractivity contribution in [1.82, 2.24) is 10.6 Å². The minimum absolute atomic E-state index is 0.0798. The number of anilines is 1. The van der Waals surface area contributed by atoms with Crippen molar-refractivity contribution in [3.8, 4) is 11.5 Å². The zero-order valence-electron chi connectivity index (χ0n) is 18.2. The number of benzene rings is 2. The fourth-order valence-electron chi connectivity index (χ4n) is 3.43. The zero-order chi connectivity index (χ0) is 22.9. The largest absolute Gasteiger partial charge is 0.497 e. The SMILES string of the molecule is CCNC(=NCc1ccc(N2CCCC2=O)cc1)NCc1cc(OC)ccc1OC(F)F. The van der Waals surface area contributed by atoms with Gasteiger partial charge in [-0.2, -0.15) is 8.78 Å². The average molecular weight is 446 g/mol. The Bertz CT molecular complexity index is 935. The van der Waals surface area contributed by atoms with Gasteiger partial charge in [0.2, 0.25) is 5.91 Å². The first-order valence-electron chi connectivity index (χ1n) is 10.5. The van der Waals surface area contributed by atoms with Crippen LogP contribution in [-0.2, 0) is 17.9 Å². The number of carbonyl (C=O) groups is 1. The number of aliphatic imine (C=N–C) groups is 1. The van der Waals surface area contributed by atoms with E-state index in [0.29, 0.717) is 36.8 Å². The Hall–Kier alpha value is -3.36. The average Bonchev–Trinajstić information content (AvgIpc) is 3.22. The van der Waals surface area contributed by atoms with Crippen LogP contribution in [0, 0.1) is 0 Å². The van der Waals surface area contributed by atoms with E-state index in [1.807, 2.05) is 31.2 Å². The number of alkyl halides is 2. The molecule has 32 heavy (non-hydrogen) atoms. The summed E-state index contributed by atoms with van der Waals surface area (Å²) in [7, 11) is 1.51. The summed E-state index contributed by atoms with van der Waals surface area (Å²) in [6, 6.07) is 12.4. The number of nitrogens with one attached hydrogen (secondary N) is 2. The number of amides is 1. The highest BCUT2D eigenvalue weighted by Gasteiger charge is 2.21. The quantitative estimate of drug-likeness (QED) is 0.454. The maximum atomic E-state index is 12.7. The molecule has 3 rings (SSSR count). The van der Waals surface area contributed by atoms with Crippen LogP contribution in [0.15, 0.2) is 47.5 Å². The summed E-state index contributed by atoms with van der Waals surface area (Å²) in [4.78, 5) is 18.3. The van der Waals surface area contributed by atoms with Crippen molar-refractivity contribution in [2.45, 2.75) is 39.5 Å². The molecule has 1 heterocycles. The van der Waals surface area contributed by atoms with E-state index >= 15 is 0 Å². The van der Waals surface area contributed by atoms with Crippen molar-refractivity contribution in [1.29, 1.82) is 0 Å². The van der Waals surface area contributed by atoms with Gasteiger partial charge in [-0.3, -0.25) is 4.79 Å². The van der Waals surface area contributed by atoms with Gasteiger partial charge in [-0.15, -0.1) is 0 Å². The van der Waals surface area contributed by atoms with Gasteiger partial charge in [-0.25, -0.2) is 4.99 Å². The van der Waals surface area contributed by atoms with Gasteiger partial charge < -0.3 is 25.0 Å². The van der Waals surface area contributed by atoms with Crippen LogP contribution in [-0.4, -0.2) is 38.7 Å². The summed E-state index contributed by atoms with van der Waals surface area (Å²) in [6.07, 6.45) is 1.49. The van der Waals surface area contributed by atoms with E-state index < -0.39 is 6.61 Å². The Balaban J connectivity index is 1.66. The zero-order valence-corrected chi connectivity index (χ0v) is 18.2. The van der Waals surface area contributed by atoms with E-state index in [2.05, 4.69) is 20.4 Å². The number of carbonyl (C=O) groups excluding carboxylic acids is 1. The molecule has 2 aromatic carbocycles. The monoisotopic (exact) mass is 446 g/mol. The molecule has 9 heteroatoms. The van der Waals surface area contributed by atoms with Gasteiger partial charge in [0.05, 0.1) is 13.7 Å². The number of hydrogen-bond donors (Lipinski definition) is 2. The van der Waals surface area contributed by atoms with Gasteiger partial charge in [-0.1, -0.05) is 12.1 Å². The molecular formula is C23H28F2N4O3. The van der Waals surface area contributed by atoms with Crippen LogP contribution in [0.5, 0.6) is 11.5 Å². The topological polar surface area (TPSA) is 75.2 Å². The summed E-state index contributed by atoms with van der Waals surface area (Å²) in [6.45, 7) is 1.06.